The van der Waals surface area contributed by atoms with Crippen molar-refractivity contribution in [3.8, 4) is 6.07 Å². The van der Waals surface area contributed by atoms with Gasteiger partial charge in [0.25, 0.3) is 0 Å². The Balaban J connectivity index is 3.00. The molecule has 0 atom stereocenters. The second-order valence-electron chi connectivity index (χ2n) is 2.37. The van der Waals surface area contributed by atoms with Crippen LogP contribution < -0.4 is 0 Å². The van der Waals surface area contributed by atoms with E-state index >= 15 is 0 Å². The van der Waals surface area contributed by atoms with E-state index < -0.39 is 0 Å². The number of rotatable bonds is 2. The first-order valence-corrected chi connectivity index (χ1v) is 3.58. The van der Waals surface area contributed by atoms with E-state index in [4.69, 9.17) is 5.26 Å². The first kappa shape index (κ1) is 7.73. The molecule has 4 heteroatoms. The predicted molar refractivity (Wildman–Crippen MR) is 39.7 cm³/mol. The van der Waals surface area contributed by atoms with Crippen LogP contribution in [0.1, 0.15) is 24.7 Å². The fraction of sp³-hybridized carbons (Fsp3) is 0.571. The van der Waals surface area contributed by atoms with Gasteiger partial charge in [0.15, 0.2) is 5.69 Å². The van der Waals surface area contributed by atoms with Crippen molar-refractivity contribution in [2.45, 2.75) is 19.8 Å². The van der Waals surface area contributed by atoms with Crippen molar-refractivity contribution in [1.82, 2.24) is 15.0 Å². The molecule has 0 saturated carbocycles. The molecule has 58 valence electrons. The van der Waals surface area contributed by atoms with E-state index in [1.54, 1.807) is 11.7 Å². The largest absolute Gasteiger partial charge is 0.251 e. The summed E-state index contributed by atoms with van der Waals surface area (Å²) in [7, 11) is 1.80. The number of aromatic nitrogens is 3. The molecule has 1 aromatic heterocycles. The number of aryl methyl sites for hydroxylation is 1. The Hall–Kier alpha value is -1.37. The smallest absolute Gasteiger partial charge is 0.185 e. The molecule has 0 saturated heterocycles. The van der Waals surface area contributed by atoms with Crippen LogP contribution in [0.3, 0.4) is 0 Å². The Bertz CT molecular complexity index is 281. The van der Waals surface area contributed by atoms with E-state index in [0.29, 0.717) is 5.69 Å². The van der Waals surface area contributed by atoms with Crippen LogP contribution >= 0.6 is 0 Å². The average Bonchev–Trinajstić information content (AvgIpc) is 2.34. The number of hydrogen-bond acceptors (Lipinski definition) is 3. The van der Waals surface area contributed by atoms with Gasteiger partial charge in [0.1, 0.15) is 6.07 Å². The van der Waals surface area contributed by atoms with Crippen LogP contribution in [0, 0.1) is 11.3 Å². The third-order valence-corrected chi connectivity index (χ3v) is 1.54. The zero-order valence-corrected chi connectivity index (χ0v) is 6.70. The summed E-state index contributed by atoms with van der Waals surface area (Å²) >= 11 is 0. The van der Waals surface area contributed by atoms with Crippen LogP contribution in [0.4, 0.5) is 0 Å². The van der Waals surface area contributed by atoms with Gasteiger partial charge in [0.2, 0.25) is 0 Å². The summed E-state index contributed by atoms with van der Waals surface area (Å²) in [5.74, 6) is 0. The number of nitrogens with zero attached hydrogens (tertiary/aromatic N) is 4. The van der Waals surface area contributed by atoms with Gasteiger partial charge in [-0.05, 0) is 6.42 Å². The minimum Gasteiger partial charge on any atom is -0.251 e. The monoisotopic (exact) mass is 150 g/mol. The van der Waals surface area contributed by atoms with E-state index in [1.165, 1.54) is 0 Å². The minimum atomic E-state index is 0.453. The molecule has 0 amide bonds. The second-order valence-corrected chi connectivity index (χ2v) is 2.37. The van der Waals surface area contributed by atoms with E-state index in [-0.39, 0.29) is 0 Å². The molecular weight excluding hydrogens is 140 g/mol. The third-order valence-electron chi connectivity index (χ3n) is 1.54. The Morgan fingerprint density at radius 1 is 1.64 bits per heavy atom. The van der Waals surface area contributed by atoms with E-state index in [9.17, 15) is 0 Å². The summed E-state index contributed by atoms with van der Waals surface area (Å²) in [5.41, 5.74) is 1.38. The molecule has 0 spiro atoms. The Morgan fingerprint density at radius 3 is 2.91 bits per heavy atom. The Labute approximate surface area is 65.4 Å². The number of nitriles is 1. The lowest BCUT2D eigenvalue weighted by Crippen LogP contribution is -1.98. The first-order valence-electron chi connectivity index (χ1n) is 3.58. The average molecular weight is 150 g/mol. The highest BCUT2D eigenvalue weighted by molar-refractivity contribution is 5.24. The molecule has 0 aromatic carbocycles. The van der Waals surface area contributed by atoms with Gasteiger partial charge in [0.05, 0.1) is 5.69 Å². The summed E-state index contributed by atoms with van der Waals surface area (Å²) < 4.78 is 1.65. The quantitative estimate of drug-likeness (QED) is 0.621. The SMILES string of the molecule is CCCc1c(C#N)nnn1C. The lowest BCUT2D eigenvalue weighted by Gasteiger charge is -1.95. The maximum atomic E-state index is 8.59. The fourth-order valence-corrected chi connectivity index (χ4v) is 0.981. The van der Waals surface area contributed by atoms with Crippen LogP contribution in [0.25, 0.3) is 0 Å². The highest BCUT2D eigenvalue weighted by atomic mass is 15.4. The summed E-state index contributed by atoms with van der Waals surface area (Å²) in [6.07, 6.45) is 1.88. The fourth-order valence-electron chi connectivity index (χ4n) is 0.981. The topological polar surface area (TPSA) is 54.5 Å². The van der Waals surface area contributed by atoms with Crippen molar-refractivity contribution in [2.75, 3.05) is 0 Å². The highest BCUT2D eigenvalue weighted by Crippen LogP contribution is 2.04. The van der Waals surface area contributed by atoms with Gasteiger partial charge in [-0.3, -0.25) is 4.68 Å². The highest BCUT2D eigenvalue weighted by Gasteiger charge is 2.07. The van der Waals surface area contributed by atoms with Crippen molar-refractivity contribution in [2.24, 2.45) is 7.05 Å². The van der Waals surface area contributed by atoms with Crippen molar-refractivity contribution in [3.63, 3.8) is 0 Å². The van der Waals surface area contributed by atoms with Crippen molar-refractivity contribution in [1.29, 1.82) is 5.26 Å². The maximum absolute atomic E-state index is 8.59. The second kappa shape index (κ2) is 3.15. The Morgan fingerprint density at radius 2 is 2.36 bits per heavy atom. The van der Waals surface area contributed by atoms with E-state index in [1.807, 2.05) is 6.07 Å². The van der Waals surface area contributed by atoms with E-state index in [2.05, 4.69) is 17.2 Å². The molecule has 0 bridgehead atoms. The van der Waals surface area contributed by atoms with Crippen molar-refractivity contribution < 1.29 is 0 Å². The van der Waals surface area contributed by atoms with Gasteiger partial charge in [-0.1, -0.05) is 18.6 Å². The molecule has 4 nitrogen and oxygen atoms in total. The summed E-state index contributed by atoms with van der Waals surface area (Å²) in [4.78, 5) is 0. The maximum Gasteiger partial charge on any atom is 0.185 e. The van der Waals surface area contributed by atoms with Crippen molar-refractivity contribution in [3.05, 3.63) is 11.4 Å². The Kier molecular flexibility index (Phi) is 2.21. The lowest BCUT2D eigenvalue weighted by atomic mass is 10.2. The zero-order chi connectivity index (χ0) is 8.27. The van der Waals surface area contributed by atoms with Crippen LogP contribution in [0.5, 0.6) is 0 Å². The summed E-state index contributed by atoms with van der Waals surface area (Å²) in [6, 6.07) is 2.01. The molecule has 0 fully saturated rings. The van der Waals surface area contributed by atoms with Gasteiger partial charge in [-0.2, -0.15) is 5.26 Å². The lowest BCUT2D eigenvalue weighted by molar-refractivity contribution is 0.669. The van der Waals surface area contributed by atoms with E-state index in [0.717, 1.165) is 18.5 Å². The van der Waals surface area contributed by atoms with Crippen LogP contribution in [-0.2, 0) is 13.5 Å². The molecular formula is C7H10N4. The molecule has 0 aliphatic carbocycles. The zero-order valence-electron chi connectivity index (χ0n) is 6.70. The molecule has 0 radical (unpaired) electrons. The van der Waals surface area contributed by atoms with Crippen molar-refractivity contribution >= 4 is 0 Å². The molecule has 0 aliphatic rings. The molecule has 11 heavy (non-hydrogen) atoms. The summed E-state index contributed by atoms with van der Waals surface area (Å²) in [5, 5.41) is 16.0. The third kappa shape index (κ3) is 1.37. The van der Waals surface area contributed by atoms with Crippen LogP contribution in [0.15, 0.2) is 0 Å². The van der Waals surface area contributed by atoms with Gasteiger partial charge < -0.3 is 0 Å². The molecule has 0 aliphatic heterocycles. The summed E-state index contributed by atoms with van der Waals surface area (Å²) in [6.45, 7) is 2.06. The van der Waals surface area contributed by atoms with Gasteiger partial charge >= 0.3 is 0 Å². The molecule has 0 unspecified atom stereocenters. The minimum absolute atomic E-state index is 0.453. The standard InChI is InChI=1S/C7H10N4/c1-3-4-7-6(5-8)9-10-11(7)2/h3-4H2,1-2H3. The van der Waals surface area contributed by atoms with Gasteiger partial charge in [-0.15, -0.1) is 5.10 Å². The predicted octanol–water partition coefficient (Wildman–Crippen LogP) is 0.639. The van der Waals surface area contributed by atoms with Gasteiger partial charge in [-0.25, -0.2) is 0 Å². The van der Waals surface area contributed by atoms with Crippen LogP contribution in [-0.4, -0.2) is 15.0 Å². The number of hydrogen-bond donors (Lipinski definition) is 0. The van der Waals surface area contributed by atoms with Crippen LogP contribution in [0.2, 0.25) is 0 Å². The normalized spacial score (nSPS) is 9.55. The first-order chi connectivity index (χ1) is 5.29. The molecule has 1 heterocycles. The van der Waals surface area contributed by atoms with Gasteiger partial charge in [0, 0.05) is 7.05 Å². The molecule has 0 N–H and O–H groups in total. The molecule has 1 aromatic rings. The molecule has 1 rings (SSSR count).